The van der Waals surface area contributed by atoms with Gasteiger partial charge in [-0.05, 0) is 28.1 Å². The van der Waals surface area contributed by atoms with E-state index in [2.05, 4.69) is 20.9 Å². The molecule has 1 nitrogen and oxygen atoms in total. The summed E-state index contributed by atoms with van der Waals surface area (Å²) in [4.78, 5) is 4.04. The maximum Gasteiger partial charge on any atom is 0.138 e. The molecule has 2 aromatic rings. The van der Waals surface area contributed by atoms with E-state index in [0.717, 1.165) is 10.2 Å². The van der Waals surface area contributed by atoms with Crippen LogP contribution in [0.5, 0.6) is 0 Å². The van der Waals surface area contributed by atoms with Crippen LogP contribution in [-0.2, 0) is 0 Å². The van der Waals surface area contributed by atoms with Gasteiger partial charge in [-0.1, -0.05) is 0 Å². The highest BCUT2D eigenvalue weighted by Crippen LogP contribution is 2.24. The molecule has 0 aliphatic heterocycles. The lowest BCUT2D eigenvalue weighted by Gasteiger charge is -1.91. The maximum absolute atomic E-state index is 12.9. The van der Waals surface area contributed by atoms with Gasteiger partial charge in [0.15, 0.2) is 0 Å². The topological polar surface area (TPSA) is 12.9 Å². The van der Waals surface area contributed by atoms with Crippen molar-refractivity contribution in [2.45, 2.75) is 0 Å². The van der Waals surface area contributed by atoms with Crippen molar-refractivity contribution in [1.29, 1.82) is 0 Å². The van der Waals surface area contributed by atoms with Gasteiger partial charge in [0.25, 0.3) is 0 Å². The Morgan fingerprint density at radius 1 is 1.45 bits per heavy atom. The molecule has 0 saturated carbocycles. The van der Waals surface area contributed by atoms with Crippen LogP contribution in [0.15, 0.2) is 22.1 Å². The van der Waals surface area contributed by atoms with Crippen molar-refractivity contribution < 1.29 is 4.39 Å². The Bertz CT molecular complexity index is 362. The monoisotopic (exact) mass is 231 g/mol. The molecule has 4 heteroatoms. The minimum absolute atomic E-state index is 0.234. The van der Waals surface area contributed by atoms with E-state index in [9.17, 15) is 4.39 Å². The number of aromatic nitrogens is 1. The SMILES string of the molecule is Fc1cc2scnc2cc1Br. The molecule has 0 fully saturated rings. The Labute approximate surface area is 75.0 Å². The van der Waals surface area contributed by atoms with Gasteiger partial charge < -0.3 is 0 Å². The normalized spacial score (nSPS) is 10.7. The molecule has 0 radical (unpaired) electrons. The molecular weight excluding hydrogens is 229 g/mol. The van der Waals surface area contributed by atoms with Crippen LogP contribution in [0.1, 0.15) is 0 Å². The highest BCUT2D eigenvalue weighted by molar-refractivity contribution is 9.10. The quantitative estimate of drug-likeness (QED) is 0.679. The van der Waals surface area contributed by atoms with Gasteiger partial charge in [0.05, 0.1) is 20.2 Å². The van der Waals surface area contributed by atoms with E-state index in [0.29, 0.717) is 4.47 Å². The second kappa shape index (κ2) is 2.53. The standard InChI is InChI=1S/C7H3BrFNS/c8-4-1-6-7(2-5(4)9)11-3-10-6/h1-3H. The number of thiazole rings is 1. The van der Waals surface area contributed by atoms with Crippen LogP contribution in [0.25, 0.3) is 10.2 Å². The molecule has 56 valence electrons. The molecule has 11 heavy (non-hydrogen) atoms. The Morgan fingerprint density at radius 3 is 3.09 bits per heavy atom. The van der Waals surface area contributed by atoms with Gasteiger partial charge in [0, 0.05) is 0 Å². The zero-order valence-electron chi connectivity index (χ0n) is 5.34. The summed E-state index contributed by atoms with van der Waals surface area (Å²) in [6.45, 7) is 0. The summed E-state index contributed by atoms with van der Waals surface area (Å²) >= 11 is 4.53. The highest BCUT2D eigenvalue weighted by Gasteiger charge is 2.02. The Kier molecular flexibility index (Phi) is 1.65. The molecular formula is C7H3BrFNS. The predicted molar refractivity (Wildman–Crippen MR) is 47.3 cm³/mol. The zero-order valence-corrected chi connectivity index (χ0v) is 7.75. The number of nitrogens with zero attached hydrogens (tertiary/aromatic N) is 1. The van der Waals surface area contributed by atoms with Gasteiger partial charge in [-0.3, -0.25) is 0 Å². The van der Waals surface area contributed by atoms with Crippen LogP contribution in [-0.4, -0.2) is 4.98 Å². The van der Waals surface area contributed by atoms with E-state index < -0.39 is 0 Å². The van der Waals surface area contributed by atoms with Gasteiger partial charge in [-0.2, -0.15) is 0 Å². The van der Waals surface area contributed by atoms with E-state index in [-0.39, 0.29) is 5.82 Å². The summed E-state index contributed by atoms with van der Waals surface area (Å²) in [7, 11) is 0. The lowest BCUT2D eigenvalue weighted by atomic mass is 10.3. The average molecular weight is 232 g/mol. The summed E-state index contributed by atoms with van der Waals surface area (Å²) in [6, 6.07) is 3.16. The second-order valence-corrected chi connectivity index (χ2v) is 3.83. The number of rotatable bonds is 0. The second-order valence-electron chi connectivity index (χ2n) is 2.09. The number of benzene rings is 1. The van der Waals surface area contributed by atoms with E-state index in [1.165, 1.54) is 17.4 Å². The fourth-order valence-electron chi connectivity index (χ4n) is 0.853. The van der Waals surface area contributed by atoms with Crippen molar-refractivity contribution in [2.24, 2.45) is 0 Å². The third kappa shape index (κ3) is 1.16. The molecule has 0 atom stereocenters. The van der Waals surface area contributed by atoms with Gasteiger partial charge in [0.1, 0.15) is 5.82 Å². The van der Waals surface area contributed by atoms with Crippen molar-refractivity contribution in [3.8, 4) is 0 Å². The molecule has 0 N–H and O–H groups in total. The Morgan fingerprint density at radius 2 is 2.27 bits per heavy atom. The Balaban J connectivity index is 2.86. The molecule has 1 heterocycles. The van der Waals surface area contributed by atoms with Crippen LogP contribution >= 0.6 is 27.3 Å². The highest BCUT2D eigenvalue weighted by atomic mass is 79.9. The number of hydrogen-bond donors (Lipinski definition) is 0. The third-order valence-electron chi connectivity index (χ3n) is 1.37. The van der Waals surface area contributed by atoms with Gasteiger partial charge in [0.2, 0.25) is 0 Å². The molecule has 0 bridgehead atoms. The number of halogens is 2. The summed E-state index contributed by atoms with van der Waals surface area (Å²) in [5, 5.41) is 0. The molecule has 0 unspecified atom stereocenters. The van der Waals surface area contributed by atoms with Crippen molar-refractivity contribution in [3.05, 3.63) is 27.9 Å². The molecule has 1 aromatic carbocycles. The van der Waals surface area contributed by atoms with Crippen molar-refractivity contribution in [2.75, 3.05) is 0 Å². The van der Waals surface area contributed by atoms with Crippen LogP contribution in [0.2, 0.25) is 0 Å². The molecule has 0 amide bonds. The summed E-state index contributed by atoms with van der Waals surface area (Å²) < 4.78 is 14.2. The molecule has 0 aliphatic carbocycles. The third-order valence-corrected chi connectivity index (χ3v) is 2.77. The first-order valence-corrected chi connectivity index (χ1v) is 4.63. The molecule has 0 aliphatic rings. The van der Waals surface area contributed by atoms with Crippen LogP contribution in [0.3, 0.4) is 0 Å². The van der Waals surface area contributed by atoms with Crippen molar-refractivity contribution in [1.82, 2.24) is 4.98 Å². The first kappa shape index (κ1) is 7.18. The summed E-state index contributed by atoms with van der Waals surface area (Å²) in [5.41, 5.74) is 2.54. The first-order chi connectivity index (χ1) is 5.27. The van der Waals surface area contributed by atoms with Gasteiger partial charge >= 0.3 is 0 Å². The van der Waals surface area contributed by atoms with E-state index in [1.807, 2.05) is 0 Å². The molecule has 2 rings (SSSR count). The van der Waals surface area contributed by atoms with Crippen molar-refractivity contribution in [3.63, 3.8) is 0 Å². The van der Waals surface area contributed by atoms with Crippen LogP contribution < -0.4 is 0 Å². The van der Waals surface area contributed by atoms with Gasteiger partial charge in [-0.25, -0.2) is 9.37 Å². The minimum atomic E-state index is -0.234. The number of fused-ring (bicyclic) bond motifs is 1. The first-order valence-electron chi connectivity index (χ1n) is 2.95. The smallest absolute Gasteiger partial charge is 0.138 e. The van der Waals surface area contributed by atoms with Gasteiger partial charge in [-0.15, -0.1) is 11.3 Å². The lowest BCUT2D eigenvalue weighted by molar-refractivity contribution is 0.623. The zero-order chi connectivity index (χ0) is 7.84. The minimum Gasteiger partial charge on any atom is -0.245 e. The summed E-state index contributed by atoms with van der Waals surface area (Å²) in [6.07, 6.45) is 0. The van der Waals surface area contributed by atoms with E-state index in [1.54, 1.807) is 11.6 Å². The maximum atomic E-state index is 12.9. The van der Waals surface area contributed by atoms with E-state index >= 15 is 0 Å². The lowest BCUT2D eigenvalue weighted by Crippen LogP contribution is -1.75. The molecule has 0 saturated heterocycles. The molecule has 1 aromatic heterocycles. The fraction of sp³-hybridized carbons (Fsp3) is 0. The molecule has 0 spiro atoms. The number of hydrogen-bond acceptors (Lipinski definition) is 2. The summed E-state index contributed by atoms with van der Waals surface area (Å²) in [5.74, 6) is -0.234. The predicted octanol–water partition coefficient (Wildman–Crippen LogP) is 3.20. The van der Waals surface area contributed by atoms with Crippen LogP contribution in [0, 0.1) is 5.82 Å². The Hall–Kier alpha value is -0.480. The fourth-order valence-corrected chi connectivity index (χ4v) is 1.87. The van der Waals surface area contributed by atoms with Crippen molar-refractivity contribution >= 4 is 37.5 Å². The largest absolute Gasteiger partial charge is 0.245 e. The van der Waals surface area contributed by atoms with E-state index in [4.69, 9.17) is 0 Å². The van der Waals surface area contributed by atoms with Crippen LogP contribution in [0.4, 0.5) is 4.39 Å². The average Bonchev–Trinajstić information content (AvgIpc) is 2.36.